The van der Waals surface area contributed by atoms with Crippen LogP contribution in [0.2, 0.25) is 0 Å². The number of nitrogens with zero attached hydrogens (tertiary/aromatic N) is 1. The number of methoxy groups -OCH3 is 3. The molecule has 156 valence electrons. The van der Waals surface area contributed by atoms with Crippen molar-refractivity contribution in [2.24, 2.45) is 0 Å². The quantitative estimate of drug-likeness (QED) is 0.587. The molecule has 2 aromatic rings. The number of ether oxygens (including phenoxy) is 4. The van der Waals surface area contributed by atoms with Crippen LogP contribution in [-0.2, 0) is 0 Å². The van der Waals surface area contributed by atoms with Gasteiger partial charge in [0, 0.05) is 23.7 Å². The van der Waals surface area contributed by atoms with Crippen LogP contribution in [0.5, 0.6) is 23.0 Å². The molecule has 7 heteroatoms. The largest absolute Gasteiger partial charge is 0.497 e. The summed E-state index contributed by atoms with van der Waals surface area (Å²) in [5, 5.41) is 0. The van der Waals surface area contributed by atoms with Gasteiger partial charge in [-0.3, -0.25) is 4.79 Å². The minimum absolute atomic E-state index is 0.0487. The fraction of sp³-hybridized carbons (Fsp3) is 0.409. The average molecular weight is 464 g/mol. The Labute approximate surface area is 179 Å². The minimum atomic E-state index is -0.0558. The normalized spacial score (nSPS) is 15.9. The summed E-state index contributed by atoms with van der Waals surface area (Å²) < 4.78 is 22.6. The molecular formula is C22H26BrNO5. The molecule has 1 atom stereocenters. The molecule has 0 N–H and O–H groups in total. The van der Waals surface area contributed by atoms with Crippen molar-refractivity contribution in [3.8, 4) is 23.0 Å². The van der Waals surface area contributed by atoms with Crippen molar-refractivity contribution >= 4 is 21.8 Å². The Morgan fingerprint density at radius 3 is 2.52 bits per heavy atom. The van der Waals surface area contributed by atoms with E-state index in [1.807, 2.05) is 30.0 Å². The van der Waals surface area contributed by atoms with Gasteiger partial charge in [0.1, 0.15) is 11.5 Å². The van der Waals surface area contributed by atoms with Crippen LogP contribution in [0, 0.1) is 0 Å². The van der Waals surface area contributed by atoms with E-state index in [0.717, 1.165) is 29.9 Å². The van der Waals surface area contributed by atoms with E-state index in [2.05, 4.69) is 15.9 Å². The highest BCUT2D eigenvalue weighted by atomic mass is 79.9. The molecule has 1 amide bonds. The number of benzene rings is 2. The Bertz CT molecular complexity index is 886. The predicted octanol–water partition coefficient (Wildman–Crippen LogP) is 4.85. The first kappa shape index (κ1) is 21.3. The maximum atomic E-state index is 13.4. The van der Waals surface area contributed by atoms with E-state index in [1.54, 1.807) is 33.5 Å². The number of carbonyl (C=O) groups excluding carboxylic acids is 1. The molecule has 0 spiro atoms. The standard InChI is InChI=1S/C22H26BrNO5/c1-5-29-21-17(23)11-14(12-20(21)28-4)22(25)24-10-6-7-18(24)16-9-8-15(26-2)13-19(16)27-3/h8-9,11-13,18H,5-7,10H2,1-4H3. The topological polar surface area (TPSA) is 57.2 Å². The van der Waals surface area contributed by atoms with Gasteiger partial charge in [-0.2, -0.15) is 0 Å². The second-order valence-electron chi connectivity index (χ2n) is 6.69. The molecule has 29 heavy (non-hydrogen) atoms. The predicted molar refractivity (Wildman–Crippen MR) is 114 cm³/mol. The number of rotatable bonds is 7. The molecule has 3 rings (SSSR count). The van der Waals surface area contributed by atoms with Crippen molar-refractivity contribution in [2.45, 2.75) is 25.8 Å². The Balaban J connectivity index is 1.94. The summed E-state index contributed by atoms with van der Waals surface area (Å²) in [7, 11) is 4.82. The third-order valence-electron chi connectivity index (χ3n) is 5.08. The Kier molecular flexibility index (Phi) is 6.90. The van der Waals surface area contributed by atoms with E-state index in [4.69, 9.17) is 18.9 Å². The van der Waals surface area contributed by atoms with E-state index >= 15 is 0 Å². The van der Waals surface area contributed by atoms with E-state index in [1.165, 1.54) is 0 Å². The zero-order chi connectivity index (χ0) is 21.0. The van der Waals surface area contributed by atoms with Crippen molar-refractivity contribution in [2.75, 3.05) is 34.5 Å². The van der Waals surface area contributed by atoms with Crippen LogP contribution >= 0.6 is 15.9 Å². The third-order valence-corrected chi connectivity index (χ3v) is 5.67. The van der Waals surface area contributed by atoms with Crippen molar-refractivity contribution in [1.82, 2.24) is 4.90 Å². The van der Waals surface area contributed by atoms with E-state index in [9.17, 15) is 4.79 Å². The molecule has 2 aromatic carbocycles. The van der Waals surface area contributed by atoms with Gasteiger partial charge < -0.3 is 23.8 Å². The number of likely N-dealkylation sites (tertiary alicyclic amines) is 1. The first-order chi connectivity index (χ1) is 14.0. The Morgan fingerprint density at radius 1 is 1.10 bits per heavy atom. The second kappa shape index (κ2) is 9.39. The van der Waals surface area contributed by atoms with Gasteiger partial charge in [-0.1, -0.05) is 0 Å². The van der Waals surface area contributed by atoms with Crippen LogP contribution < -0.4 is 18.9 Å². The monoisotopic (exact) mass is 463 g/mol. The zero-order valence-electron chi connectivity index (χ0n) is 17.2. The summed E-state index contributed by atoms with van der Waals surface area (Å²) in [5.41, 5.74) is 1.53. The number of hydrogen-bond acceptors (Lipinski definition) is 5. The summed E-state index contributed by atoms with van der Waals surface area (Å²) in [6, 6.07) is 9.19. The van der Waals surface area contributed by atoms with Crippen LogP contribution in [0.3, 0.4) is 0 Å². The first-order valence-corrected chi connectivity index (χ1v) is 10.4. The maximum absolute atomic E-state index is 13.4. The summed E-state index contributed by atoms with van der Waals surface area (Å²) in [6.45, 7) is 3.10. The van der Waals surface area contributed by atoms with E-state index in [0.29, 0.717) is 34.7 Å². The van der Waals surface area contributed by atoms with Crippen LogP contribution in [0.1, 0.15) is 41.7 Å². The van der Waals surface area contributed by atoms with Crippen LogP contribution in [0.15, 0.2) is 34.8 Å². The molecule has 1 unspecified atom stereocenters. The highest BCUT2D eigenvalue weighted by molar-refractivity contribution is 9.10. The van der Waals surface area contributed by atoms with Crippen molar-refractivity contribution in [3.63, 3.8) is 0 Å². The summed E-state index contributed by atoms with van der Waals surface area (Å²) in [5.74, 6) is 2.53. The lowest BCUT2D eigenvalue weighted by molar-refractivity contribution is 0.0733. The fourth-order valence-corrected chi connectivity index (χ4v) is 4.28. The molecule has 1 saturated heterocycles. The molecule has 1 heterocycles. The van der Waals surface area contributed by atoms with Gasteiger partial charge in [-0.05, 0) is 60.0 Å². The number of carbonyl (C=O) groups is 1. The van der Waals surface area contributed by atoms with E-state index in [-0.39, 0.29) is 11.9 Å². The van der Waals surface area contributed by atoms with Gasteiger partial charge in [-0.25, -0.2) is 0 Å². The molecule has 1 fully saturated rings. The minimum Gasteiger partial charge on any atom is -0.497 e. The average Bonchev–Trinajstić information content (AvgIpc) is 3.23. The molecule has 1 aliphatic rings. The maximum Gasteiger partial charge on any atom is 0.254 e. The van der Waals surface area contributed by atoms with Gasteiger partial charge in [0.25, 0.3) is 5.91 Å². The lowest BCUT2D eigenvalue weighted by atomic mass is 10.0. The van der Waals surface area contributed by atoms with E-state index < -0.39 is 0 Å². The lowest BCUT2D eigenvalue weighted by Crippen LogP contribution is -2.30. The fourth-order valence-electron chi connectivity index (χ4n) is 3.72. The molecular weight excluding hydrogens is 438 g/mol. The molecule has 0 radical (unpaired) electrons. The lowest BCUT2D eigenvalue weighted by Gasteiger charge is -2.27. The highest BCUT2D eigenvalue weighted by Crippen LogP contribution is 2.41. The van der Waals surface area contributed by atoms with Crippen LogP contribution in [-0.4, -0.2) is 45.3 Å². The molecule has 0 bridgehead atoms. The smallest absolute Gasteiger partial charge is 0.254 e. The van der Waals surface area contributed by atoms with Gasteiger partial charge in [0.15, 0.2) is 11.5 Å². The Hall–Kier alpha value is -2.41. The summed E-state index contributed by atoms with van der Waals surface area (Å²) >= 11 is 3.51. The molecule has 0 saturated carbocycles. The van der Waals surface area contributed by atoms with Crippen molar-refractivity contribution in [3.05, 3.63) is 45.9 Å². The number of hydrogen-bond donors (Lipinski definition) is 0. The summed E-state index contributed by atoms with van der Waals surface area (Å²) in [4.78, 5) is 15.3. The summed E-state index contributed by atoms with van der Waals surface area (Å²) in [6.07, 6.45) is 1.81. The van der Waals surface area contributed by atoms with Gasteiger partial charge in [-0.15, -0.1) is 0 Å². The molecule has 1 aliphatic heterocycles. The van der Waals surface area contributed by atoms with Gasteiger partial charge >= 0.3 is 0 Å². The van der Waals surface area contributed by atoms with Crippen LogP contribution in [0.25, 0.3) is 0 Å². The third kappa shape index (κ3) is 4.29. The van der Waals surface area contributed by atoms with Crippen LogP contribution in [0.4, 0.5) is 0 Å². The molecule has 0 aromatic heterocycles. The van der Waals surface area contributed by atoms with Crippen molar-refractivity contribution < 1.29 is 23.7 Å². The first-order valence-electron chi connectivity index (χ1n) is 9.57. The second-order valence-corrected chi connectivity index (χ2v) is 7.54. The van der Waals surface area contributed by atoms with Gasteiger partial charge in [0.2, 0.25) is 0 Å². The molecule has 0 aliphatic carbocycles. The highest BCUT2D eigenvalue weighted by Gasteiger charge is 2.33. The van der Waals surface area contributed by atoms with Gasteiger partial charge in [0.05, 0.1) is 38.5 Å². The van der Waals surface area contributed by atoms with Crippen molar-refractivity contribution in [1.29, 1.82) is 0 Å². The number of halogens is 1. The SMILES string of the molecule is CCOc1c(Br)cc(C(=O)N2CCCC2c2ccc(OC)cc2OC)cc1OC. The zero-order valence-corrected chi connectivity index (χ0v) is 18.7. The molecule has 6 nitrogen and oxygen atoms in total. The Morgan fingerprint density at radius 2 is 1.86 bits per heavy atom. The number of amides is 1.